The highest BCUT2D eigenvalue weighted by Crippen LogP contribution is 2.16. The Kier molecular flexibility index (Phi) is 5.44. The number of amides is 1. The lowest BCUT2D eigenvalue weighted by Crippen LogP contribution is -2.48. The summed E-state index contributed by atoms with van der Waals surface area (Å²) in [5, 5.41) is 2.97. The fourth-order valence-electron chi connectivity index (χ4n) is 1.32. The smallest absolute Gasteiger partial charge is 0.261 e. The molecule has 3 nitrogen and oxygen atoms in total. The van der Waals surface area contributed by atoms with Crippen LogP contribution in [0, 0.1) is 3.57 Å². The van der Waals surface area contributed by atoms with Crippen LogP contribution in [-0.2, 0) is 4.79 Å². The number of ether oxygens (including phenoxy) is 1. The Balaban J connectivity index is 2.60. The molecule has 1 amide bonds. The van der Waals surface area contributed by atoms with E-state index in [9.17, 15) is 4.79 Å². The molecule has 1 unspecified atom stereocenters. The van der Waals surface area contributed by atoms with Gasteiger partial charge in [0.15, 0.2) is 6.10 Å². The van der Waals surface area contributed by atoms with Crippen LogP contribution >= 0.6 is 22.6 Å². The predicted molar refractivity (Wildman–Crippen MR) is 81.8 cm³/mol. The Morgan fingerprint density at radius 2 is 2.17 bits per heavy atom. The van der Waals surface area contributed by atoms with Crippen molar-refractivity contribution in [3.05, 3.63) is 27.8 Å². The molecule has 0 bridgehead atoms. The lowest BCUT2D eigenvalue weighted by Gasteiger charge is -2.26. The molecule has 1 aromatic rings. The van der Waals surface area contributed by atoms with Crippen molar-refractivity contribution >= 4 is 28.5 Å². The van der Waals surface area contributed by atoms with Gasteiger partial charge in [-0.1, -0.05) is 13.0 Å². The summed E-state index contributed by atoms with van der Waals surface area (Å²) >= 11 is 2.22. The Hall–Kier alpha value is -0.780. The quantitative estimate of drug-likeness (QED) is 0.817. The third-order valence-electron chi connectivity index (χ3n) is 2.82. The van der Waals surface area contributed by atoms with Gasteiger partial charge >= 0.3 is 0 Å². The number of nitrogens with one attached hydrogen (secondary N) is 1. The molecule has 0 aromatic heterocycles. The van der Waals surface area contributed by atoms with Gasteiger partial charge in [-0.25, -0.2) is 0 Å². The molecule has 0 aliphatic heterocycles. The molecule has 0 spiro atoms. The van der Waals surface area contributed by atoms with Crippen molar-refractivity contribution in [3.8, 4) is 5.75 Å². The van der Waals surface area contributed by atoms with E-state index >= 15 is 0 Å². The standard InChI is InChI=1S/C14H20INO2/c1-5-14(3,4)16-13(17)10(2)18-12-8-6-7-11(15)9-12/h6-10H,5H2,1-4H3,(H,16,17). The second-order valence-electron chi connectivity index (χ2n) is 4.94. The molecule has 0 saturated heterocycles. The third-order valence-corrected chi connectivity index (χ3v) is 3.49. The van der Waals surface area contributed by atoms with Gasteiger partial charge in [0.2, 0.25) is 0 Å². The van der Waals surface area contributed by atoms with Gasteiger partial charge in [-0.15, -0.1) is 0 Å². The molecule has 100 valence electrons. The second kappa shape index (κ2) is 6.41. The van der Waals surface area contributed by atoms with Crippen molar-refractivity contribution in [3.63, 3.8) is 0 Å². The fraction of sp³-hybridized carbons (Fsp3) is 0.500. The molecule has 1 atom stereocenters. The highest BCUT2D eigenvalue weighted by molar-refractivity contribution is 14.1. The van der Waals surface area contributed by atoms with E-state index in [4.69, 9.17) is 4.74 Å². The summed E-state index contributed by atoms with van der Waals surface area (Å²) in [6.07, 6.45) is 0.392. The van der Waals surface area contributed by atoms with E-state index in [1.807, 2.05) is 45.0 Å². The maximum atomic E-state index is 12.0. The molecule has 0 aliphatic rings. The minimum absolute atomic E-state index is 0.0827. The summed E-state index contributed by atoms with van der Waals surface area (Å²) in [7, 11) is 0. The molecule has 4 heteroatoms. The molecule has 1 N–H and O–H groups in total. The van der Waals surface area contributed by atoms with E-state index < -0.39 is 6.10 Å². The third kappa shape index (κ3) is 4.84. The lowest BCUT2D eigenvalue weighted by atomic mass is 10.0. The number of benzene rings is 1. The van der Waals surface area contributed by atoms with Crippen LogP contribution in [0.1, 0.15) is 34.1 Å². The number of rotatable bonds is 5. The van der Waals surface area contributed by atoms with Crippen molar-refractivity contribution in [2.24, 2.45) is 0 Å². The van der Waals surface area contributed by atoms with Gasteiger partial charge in [0, 0.05) is 9.11 Å². The first-order valence-corrected chi connectivity index (χ1v) is 7.16. The van der Waals surface area contributed by atoms with Crippen LogP contribution in [0.3, 0.4) is 0 Å². The summed E-state index contributed by atoms with van der Waals surface area (Å²) in [6.45, 7) is 7.82. The second-order valence-corrected chi connectivity index (χ2v) is 6.19. The van der Waals surface area contributed by atoms with Crippen molar-refractivity contribution in [1.82, 2.24) is 5.32 Å². The Morgan fingerprint density at radius 1 is 1.50 bits per heavy atom. The average molecular weight is 361 g/mol. The summed E-state index contributed by atoms with van der Waals surface area (Å²) < 4.78 is 6.72. The predicted octanol–water partition coefficient (Wildman–Crippen LogP) is 3.36. The van der Waals surface area contributed by atoms with Gasteiger partial charge in [-0.05, 0) is 68.0 Å². The van der Waals surface area contributed by atoms with Crippen molar-refractivity contribution in [2.75, 3.05) is 0 Å². The van der Waals surface area contributed by atoms with Crippen LogP contribution in [0.4, 0.5) is 0 Å². The van der Waals surface area contributed by atoms with Gasteiger partial charge in [-0.3, -0.25) is 4.79 Å². The fourth-order valence-corrected chi connectivity index (χ4v) is 1.84. The maximum Gasteiger partial charge on any atom is 0.261 e. The number of carbonyl (C=O) groups is 1. The zero-order valence-electron chi connectivity index (χ0n) is 11.3. The lowest BCUT2D eigenvalue weighted by molar-refractivity contribution is -0.128. The van der Waals surface area contributed by atoms with Crippen LogP contribution in [0.25, 0.3) is 0 Å². The molecule has 0 aliphatic carbocycles. The van der Waals surface area contributed by atoms with Gasteiger partial charge in [0.25, 0.3) is 5.91 Å². The topological polar surface area (TPSA) is 38.3 Å². The molecule has 1 aromatic carbocycles. The monoisotopic (exact) mass is 361 g/mol. The Morgan fingerprint density at radius 3 is 2.72 bits per heavy atom. The molecule has 1 rings (SSSR count). The first-order valence-electron chi connectivity index (χ1n) is 6.08. The van der Waals surface area contributed by atoms with Gasteiger partial charge in [-0.2, -0.15) is 0 Å². The van der Waals surface area contributed by atoms with Crippen LogP contribution in [0.5, 0.6) is 5.75 Å². The number of hydrogen-bond acceptors (Lipinski definition) is 2. The zero-order valence-corrected chi connectivity index (χ0v) is 13.4. The maximum absolute atomic E-state index is 12.0. The molecule has 0 heterocycles. The molecule has 18 heavy (non-hydrogen) atoms. The molecule has 0 saturated carbocycles. The summed E-state index contributed by atoms with van der Waals surface area (Å²) in [6, 6.07) is 7.67. The van der Waals surface area contributed by atoms with E-state index in [0.29, 0.717) is 0 Å². The minimum Gasteiger partial charge on any atom is -0.481 e. The number of halogens is 1. The van der Waals surface area contributed by atoms with Crippen LogP contribution in [0.2, 0.25) is 0 Å². The van der Waals surface area contributed by atoms with Crippen LogP contribution in [-0.4, -0.2) is 17.6 Å². The SMILES string of the molecule is CCC(C)(C)NC(=O)C(C)Oc1cccc(I)c1. The van der Waals surface area contributed by atoms with Gasteiger partial charge in [0.1, 0.15) is 5.75 Å². The van der Waals surface area contributed by atoms with Gasteiger partial charge < -0.3 is 10.1 Å². The first kappa shape index (κ1) is 15.3. The number of carbonyl (C=O) groups excluding carboxylic acids is 1. The summed E-state index contributed by atoms with van der Waals surface area (Å²) in [5.74, 6) is 0.638. The zero-order chi connectivity index (χ0) is 13.8. The van der Waals surface area contributed by atoms with Gasteiger partial charge in [0.05, 0.1) is 0 Å². The Labute approximate surface area is 122 Å². The first-order chi connectivity index (χ1) is 8.34. The van der Waals surface area contributed by atoms with Crippen molar-refractivity contribution in [2.45, 2.75) is 45.8 Å². The molecule has 0 radical (unpaired) electrons. The largest absolute Gasteiger partial charge is 0.481 e. The summed E-state index contributed by atoms with van der Waals surface area (Å²) in [5.41, 5.74) is -0.195. The molecular formula is C14H20INO2. The van der Waals surface area contributed by atoms with Crippen molar-refractivity contribution in [1.29, 1.82) is 0 Å². The minimum atomic E-state index is -0.492. The van der Waals surface area contributed by atoms with Crippen molar-refractivity contribution < 1.29 is 9.53 Å². The van der Waals surface area contributed by atoms with E-state index in [1.54, 1.807) is 6.92 Å². The van der Waals surface area contributed by atoms with Crippen LogP contribution in [0.15, 0.2) is 24.3 Å². The number of hydrogen-bond donors (Lipinski definition) is 1. The average Bonchev–Trinajstić information content (AvgIpc) is 2.28. The molecule has 0 fully saturated rings. The molecular weight excluding hydrogens is 341 g/mol. The summed E-state index contributed by atoms with van der Waals surface area (Å²) in [4.78, 5) is 12.0. The van der Waals surface area contributed by atoms with Crippen LogP contribution < -0.4 is 10.1 Å². The van der Waals surface area contributed by atoms with E-state index in [1.165, 1.54) is 0 Å². The Bertz CT molecular complexity index is 418. The van der Waals surface area contributed by atoms with E-state index in [2.05, 4.69) is 27.9 Å². The normalized spacial score (nSPS) is 12.9. The van der Waals surface area contributed by atoms with E-state index in [-0.39, 0.29) is 11.4 Å². The highest BCUT2D eigenvalue weighted by atomic mass is 127. The van der Waals surface area contributed by atoms with E-state index in [0.717, 1.165) is 15.7 Å². The highest BCUT2D eigenvalue weighted by Gasteiger charge is 2.22.